The minimum absolute atomic E-state index is 0.207. The molecular weight excluding hydrogens is 174 g/mol. The van der Waals surface area contributed by atoms with Crippen LogP contribution in [-0.2, 0) is 4.79 Å². The van der Waals surface area contributed by atoms with Crippen molar-refractivity contribution < 1.29 is 4.79 Å². The van der Waals surface area contributed by atoms with Crippen LogP contribution in [0.25, 0.3) is 0 Å². The van der Waals surface area contributed by atoms with Gasteiger partial charge < -0.3 is 4.90 Å². The summed E-state index contributed by atoms with van der Waals surface area (Å²) >= 11 is 0. The molecule has 2 nitrogen and oxygen atoms in total. The van der Waals surface area contributed by atoms with Crippen molar-refractivity contribution in [3.63, 3.8) is 0 Å². The van der Waals surface area contributed by atoms with E-state index in [1.165, 1.54) is 0 Å². The van der Waals surface area contributed by atoms with Gasteiger partial charge in [-0.25, -0.2) is 0 Å². The third-order valence-corrected chi connectivity index (χ3v) is 2.82. The quantitative estimate of drug-likeness (QED) is 0.634. The normalized spacial score (nSPS) is 25.4. The van der Waals surface area contributed by atoms with E-state index in [2.05, 4.69) is 37.1 Å². The zero-order valence-electron chi connectivity index (χ0n) is 8.92. The maximum absolute atomic E-state index is 11.6. The first-order valence-electron chi connectivity index (χ1n) is 5.28. The number of hydrogen-bond acceptors (Lipinski definition) is 2. The summed E-state index contributed by atoms with van der Waals surface area (Å²) in [6.07, 6.45) is 9.09. The van der Waals surface area contributed by atoms with Crippen molar-refractivity contribution in [2.45, 2.75) is 33.1 Å². The Morgan fingerprint density at radius 2 is 2.21 bits per heavy atom. The van der Waals surface area contributed by atoms with Gasteiger partial charge in [0.1, 0.15) is 0 Å². The third-order valence-electron chi connectivity index (χ3n) is 2.82. The largest absolute Gasteiger partial charge is 0.345 e. The van der Waals surface area contributed by atoms with E-state index >= 15 is 0 Å². The lowest BCUT2D eigenvalue weighted by Gasteiger charge is -2.25. The Morgan fingerprint density at radius 1 is 1.43 bits per heavy atom. The van der Waals surface area contributed by atoms with Crippen LogP contribution in [0, 0.1) is 5.41 Å². The molecule has 1 heterocycles. The van der Waals surface area contributed by atoms with Crippen LogP contribution < -0.4 is 0 Å². The summed E-state index contributed by atoms with van der Waals surface area (Å²) < 4.78 is 0. The summed E-state index contributed by atoms with van der Waals surface area (Å²) in [5.41, 5.74) is 1.12. The van der Waals surface area contributed by atoms with Crippen molar-refractivity contribution in [2.75, 3.05) is 6.54 Å². The molecule has 1 aliphatic heterocycles. The molecule has 0 unspecified atom stereocenters. The molecule has 0 atom stereocenters. The van der Waals surface area contributed by atoms with Crippen LogP contribution in [0.1, 0.15) is 33.1 Å². The fourth-order valence-corrected chi connectivity index (χ4v) is 2.02. The van der Waals surface area contributed by atoms with Gasteiger partial charge in [-0.15, -0.1) is 0 Å². The van der Waals surface area contributed by atoms with Crippen LogP contribution in [0.4, 0.5) is 0 Å². The smallest absolute Gasteiger partial charge is 0.178 e. The Balaban J connectivity index is 2.14. The lowest BCUT2D eigenvalue weighted by molar-refractivity contribution is -0.117. The minimum atomic E-state index is 0.207. The Morgan fingerprint density at radius 3 is 2.79 bits per heavy atom. The lowest BCUT2D eigenvalue weighted by atomic mass is 9.95. The van der Waals surface area contributed by atoms with Crippen LogP contribution in [0.3, 0.4) is 0 Å². The molecule has 0 aromatic heterocycles. The molecule has 2 heteroatoms. The first kappa shape index (κ1) is 9.50. The monoisotopic (exact) mass is 191 g/mol. The number of Topliss-reactive ketones (excluding diaryl/α,β-unsaturated/α-hetero) is 1. The average Bonchev–Trinajstić information content (AvgIpc) is 2.47. The van der Waals surface area contributed by atoms with Gasteiger partial charge in [0, 0.05) is 24.6 Å². The molecule has 0 aromatic rings. The van der Waals surface area contributed by atoms with Crippen molar-refractivity contribution in [3.05, 3.63) is 24.0 Å². The molecule has 2 aliphatic rings. The molecule has 0 saturated heterocycles. The van der Waals surface area contributed by atoms with E-state index in [1.54, 1.807) is 0 Å². The minimum Gasteiger partial charge on any atom is -0.345 e. The zero-order chi connectivity index (χ0) is 10.2. The van der Waals surface area contributed by atoms with Gasteiger partial charge >= 0.3 is 0 Å². The predicted octanol–water partition coefficient (Wildman–Crippen LogP) is 2.48. The summed E-state index contributed by atoms with van der Waals surface area (Å²) in [4.78, 5) is 13.7. The van der Waals surface area contributed by atoms with Gasteiger partial charge in [0.05, 0.1) is 5.70 Å². The fourth-order valence-electron chi connectivity index (χ4n) is 2.02. The molecule has 1 aliphatic carbocycles. The van der Waals surface area contributed by atoms with E-state index in [0.717, 1.165) is 31.5 Å². The number of ketones is 1. The summed E-state index contributed by atoms with van der Waals surface area (Å²) in [7, 11) is 0. The number of hydrogen-bond donors (Lipinski definition) is 0. The average molecular weight is 191 g/mol. The van der Waals surface area contributed by atoms with Gasteiger partial charge in [0.2, 0.25) is 0 Å². The van der Waals surface area contributed by atoms with Gasteiger partial charge in [-0.1, -0.05) is 26.0 Å². The lowest BCUT2D eigenvalue weighted by Crippen LogP contribution is -2.27. The highest BCUT2D eigenvalue weighted by Crippen LogP contribution is 2.30. The highest BCUT2D eigenvalue weighted by Gasteiger charge is 2.28. The number of rotatable bonds is 1. The maximum atomic E-state index is 11.6. The fraction of sp³-hybridized carbons (Fsp3) is 0.583. The molecule has 0 bridgehead atoms. The van der Waals surface area contributed by atoms with Crippen molar-refractivity contribution in [2.24, 2.45) is 5.41 Å². The van der Waals surface area contributed by atoms with Crippen LogP contribution in [0.5, 0.6) is 0 Å². The topological polar surface area (TPSA) is 20.3 Å². The van der Waals surface area contributed by atoms with Gasteiger partial charge in [-0.2, -0.15) is 0 Å². The molecular formula is C12H17NO. The van der Waals surface area contributed by atoms with E-state index in [4.69, 9.17) is 0 Å². The van der Waals surface area contributed by atoms with Crippen LogP contribution >= 0.6 is 0 Å². The second kappa shape index (κ2) is 3.26. The molecule has 76 valence electrons. The van der Waals surface area contributed by atoms with Crippen LogP contribution in [0.15, 0.2) is 24.0 Å². The molecule has 0 fully saturated rings. The van der Waals surface area contributed by atoms with E-state index in [-0.39, 0.29) is 5.41 Å². The SMILES string of the molecule is CC1(C)C=CN(C2=CCCCC2=O)C1. The number of carbonyl (C=O) groups excluding carboxylic acids is 1. The van der Waals surface area contributed by atoms with Crippen LogP contribution in [0.2, 0.25) is 0 Å². The standard InChI is InChI=1S/C12H17NO/c1-12(2)7-8-13(9-12)10-5-3-4-6-11(10)14/h5,7-8H,3-4,6,9H2,1-2H3. The van der Waals surface area contributed by atoms with Gasteiger partial charge in [-0.3, -0.25) is 4.79 Å². The number of carbonyl (C=O) groups is 1. The van der Waals surface area contributed by atoms with Crippen molar-refractivity contribution in [3.8, 4) is 0 Å². The predicted molar refractivity (Wildman–Crippen MR) is 56.6 cm³/mol. The molecule has 0 aromatic carbocycles. The molecule has 0 spiro atoms. The maximum Gasteiger partial charge on any atom is 0.178 e. The van der Waals surface area contributed by atoms with Crippen LogP contribution in [-0.4, -0.2) is 17.2 Å². The Labute approximate surface area is 85.3 Å². The summed E-state index contributed by atoms with van der Waals surface area (Å²) in [5, 5.41) is 0. The second-order valence-electron chi connectivity index (χ2n) is 4.84. The molecule has 0 amide bonds. The highest BCUT2D eigenvalue weighted by atomic mass is 16.1. The Kier molecular flexibility index (Phi) is 2.22. The van der Waals surface area contributed by atoms with E-state index in [1.807, 2.05) is 0 Å². The van der Waals surface area contributed by atoms with E-state index in [9.17, 15) is 4.79 Å². The molecule has 14 heavy (non-hydrogen) atoms. The summed E-state index contributed by atoms with van der Waals surface area (Å²) in [5.74, 6) is 0.304. The Hall–Kier alpha value is -1.05. The van der Waals surface area contributed by atoms with Gasteiger partial charge in [0.25, 0.3) is 0 Å². The first-order chi connectivity index (χ1) is 6.58. The molecule has 0 saturated carbocycles. The molecule has 2 rings (SSSR count). The van der Waals surface area contributed by atoms with E-state index < -0.39 is 0 Å². The molecule has 0 N–H and O–H groups in total. The zero-order valence-corrected chi connectivity index (χ0v) is 8.92. The first-order valence-corrected chi connectivity index (χ1v) is 5.28. The number of nitrogens with zero attached hydrogens (tertiary/aromatic N) is 1. The third kappa shape index (κ3) is 1.74. The number of allylic oxidation sites excluding steroid dienone is 2. The van der Waals surface area contributed by atoms with Crippen molar-refractivity contribution in [1.82, 2.24) is 4.90 Å². The van der Waals surface area contributed by atoms with E-state index in [0.29, 0.717) is 5.78 Å². The highest BCUT2D eigenvalue weighted by molar-refractivity contribution is 5.95. The Bertz CT molecular complexity index is 312. The van der Waals surface area contributed by atoms with Crippen molar-refractivity contribution >= 4 is 5.78 Å². The molecule has 0 radical (unpaired) electrons. The van der Waals surface area contributed by atoms with Gasteiger partial charge in [-0.05, 0) is 12.8 Å². The summed E-state index contributed by atoms with van der Waals surface area (Å²) in [6, 6.07) is 0. The van der Waals surface area contributed by atoms with Gasteiger partial charge in [0.15, 0.2) is 5.78 Å². The second-order valence-corrected chi connectivity index (χ2v) is 4.84. The summed E-state index contributed by atoms with van der Waals surface area (Å²) in [6.45, 7) is 5.32. The van der Waals surface area contributed by atoms with Crippen molar-refractivity contribution in [1.29, 1.82) is 0 Å².